The van der Waals surface area contributed by atoms with Gasteiger partial charge < -0.3 is 14.3 Å². The molecular weight excluding hydrogens is 557 g/mol. The van der Waals surface area contributed by atoms with Gasteiger partial charge in [-0.3, -0.25) is 9.88 Å². The van der Waals surface area contributed by atoms with Gasteiger partial charge in [0.05, 0.1) is 26.0 Å². The molecule has 6 nitrogen and oxygen atoms in total. The molecule has 8 heteroatoms. The topological polar surface area (TPSA) is 71.9 Å². The molecule has 2 aromatic rings. The molecule has 0 aliphatic rings. The average molecular weight is 611 g/mol. The van der Waals surface area contributed by atoms with Gasteiger partial charge in [0.1, 0.15) is 13.8 Å². The van der Waals surface area contributed by atoms with E-state index in [0.29, 0.717) is 34.6 Å². The smallest absolute Gasteiger partial charge is 0.412 e. The van der Waals surface area contributed by atoms with E-state index in [2.05, 4.69) is 97.9 Å². The Labute approximate surface area is 257 Å². The highest BCUT2D eigenvalue weighted by atomic mass is 28.4. The van der Waals surface area contributed by atoms with E-state index in [4.69, 9.17) is 9.16 Å². The maximum Gasteiger partial charge on any atom is 0.412 e. The van der Waals surface area contributed by atoms with Crippen LogP contribution < -0.4 is 9.64 Å². The predicted molar refractivity (Wildman–Crippen MR) is 181 cm³/mol. The minimum atomic E-state index is -2.03. The number of pyridine rings is 1. The minimum Gasteiger partial charge on any atom is -0.496 e. The Balaban J connectivity index is 2.72. The van der Waals surface area contributed by atoms with Crippen LogP contribution in [-0.4, -0.2) is 39.7 Å². The van der Waals surface area contributed by atoms with Crippen molar-refractivity contribution in [2.24, 2.45) is 0 Å². The van der Waals surface area contributed by atoms with Crippen molar-refractivity contribution < 1.29 is 19.1 Å². The fourth-order valence-corrected chi connectivity index (χ4v) is 11.9. The van der Waals surface area contributed by atoms with E-state index in [9.17, 15) is 9.90 Å². The number of aromatic nitrogens is 1. The highest BCUT2D eigenvalue weighted by molar-refractivity contribution is 6.90. The maximum absolute atomic E-state index is 12.7. The Kier molecular flexibility index (Phi) is 11.7. The maximum atomic E-state index is 12.7. The summed E-state index contributed by atoms with van der Waals surface area (Å²) in [5.74, 6) is 4.27. The Morgan fingerprint density at radius 1 is 1.02 bits per heavy atom. The van der Waals surface area contributed by atoms with E-state index in [1.165, 1.54) is 4.90 Å². The number of carboxylic acid groups (broad SMARTS) is 1. The van der Waals surface area contributed by atoms with Crippen LogP contribution in [-0.2, 0) is 17.6 Å². The largest absolute Gasteiger partial charge is 0.496 e. The summed E-state index contributed by atoms with van der Waals surface area (Å²) in [5, 5.41) is 10.5. The summed E-state index contributed by atoms with van der Waals surface area (Å²) in [5.41, 5.74) is 10.0. The quantitative estimate of drug-likeness (QED) is 0.214. The molecule has 232 valence electrons. The molecule has 0 spiro atoms. The Morgan fingerprint density at radius 2 is 1.60 bits per heavy atom. The number of hydrogen-bond acceptors (Lipinski definition) is 4. The van der Waals surface area contributed by atoms with Gasteiger partial charge in [0.25, 0.3) is 0 Å². The predicted octanol–water partition coefficient (Wildman–Crippen LogP) is 9.48. The number of benzene rings is 1. The summed E-state index contributed by atoms with van der Waals surface area (Å²) in [7, 11) is -2.40. The zero-order chi connectivity index (χ0) is 32.2. The lowest BCUT2D eigenvalue weighted by molar-refractivity contribution is 0.201. The lowest BCUT2D eigenvalue weighted by Gasteiger charge is -2.38. The molecule has 0 saturated heterocycles. The molecular formula is C34H54N2O4Si2. The van der Waals surface area contributed by atoms with Crippen LogP contribution in [0.25, 0.3) is 0 Å². The molecule has 42 heavy (non-hydrogen) atoms. The van der Waals surface area contributed by atoms with E-state index in [1.807, 2.05) is 26.0 Å². The second-order valence-electron chi connectivity index (χ2n) is 14.0. The third kappa shape index (κ3) is 7.86. The number of nitrogens with zero attached hydrogens (tertiary/aromatic N) is 2. The van der Waals surface area contributed by atoms with Crippen LogP contribution >= 0.6 is 0 Å². The molecule has 0 atom stereocenters. The summed E-state index contributed by atoms with van der Waals surface area (Å²) < 4.78 is 12.2. The SMILES string of the molecule is COc1c(C)cnc(CN(C(=O)O)c2cc(C#C[Si](C(C)C)(C(C)C)C(C)C)cc(CO[Si](C)(C)C(C)(C)C)c2)c1C. The number of hydrogen-bond donors (Lipinski definition) is 1. The summed E-state index contributed by atoms with van der Waals surface area (Å²) >= 11 is 0. The Bertz CT molecular complexity index is 1300. The molecule has 0 unspecified atom stereocenters. The van der Waals surface area contributed by atoms with E-state index in [1.54, 1.807) is 13.3 Å². The molecule has 1 N–H and O–H groups in total. The molecule has 1 amide bonds. The van der Waals surface area contributed by atoms with Crippen LogP contribution in [0.4, 0.5) is 10.5 Å². The second-order valence-corrected chi connectivity index (χ2v) is 24.4. The number of amides is 1. The Hall–Kier alpha value is -2.61. The van der Waals surface area contributed by atoms with Gasteiger partial charge in [0.2, 0.25) is 0 Å². The summed E-state index contributed by atoms with van der Waals surface area (Å²) in [4.78, 5) is 18.6. The van der Waals surface area contributed by atoms with Crippen LogP contribution in [0, 0.1) is 25.3 Å². The standard InChI is InChI=1S/C34H54N2O4Si2/c1-23(2)42(24(3)4,25(5)6)16-15-28-17-29(22-40-41(13,14)34(9,10)11)19-30(18-28)36(33(37)38)21-31-27(8)32(39-12)26(7)20-35-31/h17-20,23-25H,21-22H2,1-14H3,(H,37,38). The monoisotopic (exact) mass is 610 g/mol. The van der Waals surface area contributed by atoms with Crippen LogP contribution in [0.15, 0.2) is 24.4 Å². The van der Waals surface area contributed by atoms with E-state index in [0.717, 1.165) is 28.0 Å². The third-order valence-corrected chi connectivity index (χ3v) is 20.0. The van der Waals surface area contributed by atoms with Gasteiger partial charge >= 0.3 is 6.09 Å². The number of aryl methyl sites for hydroxylation is 1. The van der Waals surface area contributed by atoms with Crippen LogP contribution in [0.1, 0.15) is 90.3 Å². The van der Waals surface area contributed by atoms with Crippen molar-refractivity contribution in [3.8, 4) is 17.2 Å². The summed E-state index contributed by atoms with van der Waals surface area (Å²) in [6.07, 6.45) is 0.683. The van der Waals surface area contributed by atoms with Crippen molar-refractivity contribution in [3.05, 3.63) is 52.3 Å². The summed E-state index contributed by atoms with van der Waals surface area (Å²) in [6.45, 7) is 29.3. The van der Waals surface area contributed by atoms with E-state index < -0.39 is 22.5 Å². The van der Waals surface area contributed by atoms with Crippen molar-refractivity contribution in [1.82, 2.24) is 4.98 Å². The van der Waals surface area contributed by atoms with Crippen molar-refractivity contribution in [1.29, 1.82) is 0 Å². The van der Waals surface area contributed by atoms with Crippen molar-refractivity contribution in [2.75, 3.05) is 12.0 Å². The fraction of sp³-hybridized carbons (Fsp3) is 0.588. The highest BCUT2D eigenvalue weighted by Gasteiger charge is 2.42. The lowest BCUT2D eigenvalue weighted by atomic mass is 10.1. The molecule has 1 heterocycles. The zero-order valence-electron chi connectivity index (χ0n) is 28.5. The molecule has 0 fully saturated rings. The average Bonchev–Trinajstić information content (AvgIpc) is 2.86. The molecule has 0 bridgehead atoms. The lowest BCUT2D eigenvalue weighted by Crippen LogP contribution is -2.43. The van der Waals surface area contributed by atoms with E-state index in [-0.39, 0.29) is 11.6 Å². The van der Waals surface area contributed by atoms with Crippen LogP contribution in [0.3, 0.4) is 0 Å². The molecule has 0 saturated carbocycles. The number of anilines is 1. The fourth-order valence-electron chi connectivity index (χ4n) is 5.73. The third-order valence-electron chi connectivity index (χ3n) is 9.27. The van der Waals surface area contributed by atoms with Crippen LogP contribution in [0.5, 0.6) is 5.75 Å². The summed E-state index contributed by atoms with van der Waals surface area (Å²) in [6, 6.07) is 5.89. The Morgan fingerprint density at radius 3 is 2.07 bits per heavy atom. The first-order valence-corrected chi connectivity index (χ1v) is 20.2. The second kappa shape index (κ2) is 13.8. The van der Waals surface area contributed by atoms with Gasteiger partial charge in [-0.2, -0.15) is 0 Å². The van der Waals surface area contributed by atoms with Crippen LogP contribution in [0.2, 0.25) is 34.8 Å². The van der Waals surface area contributed by atoms with Gasteiger partial charge in [0, 0.05) is 28.6 Å². The zero-order valence-corrected chi connectivity index (χ0v) is 30.5. The molecule has 1 aromatic heterocycles. The molecule has 2 rings (SSSR count). The first-order valence-electron chi connectivity index (χ1n) is 15.1. The first kappa shape index (κ1) is 35.6. The van der Waals surface area contributed by atoms with Gasteiger partial charge in [-0.1, -0.05) is 68.2 Å². The molecule has 0 aliphatic heterocycles. The first-order chi connectivity index (χ1) is 19.3. The van der Waals surface area contributed by atoms with Gasteiger partial charge in [-0.25, -0.2) is 4.79 Å². The number of rotatable bonds is 10. The normalized spacial score (nSPS) is 12.5. The molecule has 0 aliphatic carbocycles. The number of ether oxygens (including phenoxy) is 1. The van der Waals surface area contributed by atoms with Gasteiger partial charge in [-0.05, 0) is 72.4 Å². The molecule has 1 aromatic carbocycles. The molecule has 0 radical (unpaired) electrons. The minimum absolute atomic E-state index is 0.0605. The number of methoxy groups -OCH3 is 1. The van der Waals surface area contributed by atoms with Crippen molar-refractivity contribution in [2.45, 2.75) is 124 Å². The van der Waals surface area contributed by atoms with Crippen molar-refractivity contribution >= 4 is 28.2 Å². The van der Waals surface area contributed by atoms with E-state index >= 15 is 0 Å². The highest BCUT2D eigenvalue weighted by Crippen LogP contribution is 2.41. The van der Waals surface area contributed by atoms with Gasteiger partial charge in [0.15, 0.2) is 8.32 Å². The van der Waals surface area contributed by atoms with Crippen molar-refractivity contribution in [3.63, 3.8) is 0 Å². The number of carbonyl (C=O) groups is 1. The van der Waals surface area contributed by atoms with Gasteiger partial charge in [-0.15, -0.1) is 5.54 Å².